The average molecular weight is 1160 g/mol. The van der Waals surface area contributed by atoms with Crippen molar-refractivity contribution in [3.05, 3.63) is 135 Å². The molecule has 0 fully saturated rings. The molecule has 456 valence electrons. The second-order valence-corrected chi connectivity index (χ2v) is 19.6. The second kappa shape index (κ2) is 41.2. The van der Waals surface area contributed by atoms with Crippen molar-refractivity contribution in [3.8, 4) is 11.5 Å². The van der Waals surface area contributed by atoms with E-state index in [0.717, 1.165) is 86.8 Å². The minimum atomic E-state index is -1.32. The molecule has 20 nitrogen and oxygen atoms in total. The van der Waals surface area contributed by atoms with Crippen molar-refractivity contribution in [2.75, 3.05) is 52.9 Å². The molecule has 6 unspecified atom stereocenters. The zero-order valence-corrected chi connectivity index (χ0v) is 48.4. The summed E-state index contributed by atoms with van der Waals surface area (Å²) in [6.45, 7) is 18.5. The Balaban J connectivity index is 2.17. The molecule has 0 heterocycles. The molecule has 0 aromatic heterocycles. The van der Waals surface area contributed by atoms with Crippen LogP contribution < -0.4 is 9.47 Å². The summed E-state index contributed by atoms with van der Waals surface area (Å²) in [7, 11) is 0. The van der Waals surface area contributed by atoms with E-state index in [4.69, 9.17) is 47.4 Å². The van der Waals surface area contributed by atoms with Gasteiger partial charge in [0.2, 0.25) is 0 Å². The second-order valence-electron chi connectivity index (χ2n) is 19.6. The number of benzene rings is 2. The van der Waals surface area contributed by atoms with Crippen molar-refractivity contribution in [2.45, 2.75) is 135 Å². The van der Waals surface area contributed by atoms with Crippen LogP contribution in [0.2, 0.25) is 0 Å². The van der Waals surface area contributed by atoms with Crippen LogP contribution in [-0.2, 0) is 81.7 Å². The van der Waals surface area contributed by atoms with E-state index in [1.807, 2.05) is 50.3 Å². The van der Waals surface area contributed by atoms with Crippen LogP contribution in [0.5, 0.6) is 11.5 Å². The first-order chi connectivity index (χ1) is 39.8. The van der Waals surface area contributed by atoms with E-state index in [1.165, 1.54) is 0 Å². The molecule has 2 rings (SSSR count). The number of ether oxygens (including phenoxy) is 10. The summed E-state index contributed by atoms with van der Waals surface area (Å²) >= 11 is 0. The molecule has 0 aliphatic rings. The van der Waals surface area contributed by atoms with Crippen molar-refractivity contribution in [2.24, 2.45) is 11.8 Å². The van der Waals surface area contributed by atoms with Crippen LogP contribution in [0.3, 0.4) is 0 Å². The number of aliphatic hydroxyl groups excluding tert-OH is 2. The van der Waals surface area contributed by atoms with Crippen LogP contribution in [0.25, 0.3) is 0 Å². The quantitative estimate of drug-likeness (QED) is 0.0207. The molecular weight excluding hydrogens is 1080 g/mol. The lowest BCUT2D eigenvalue weighted by Crippen LogP contribution is -2.33. The summed E-state index contributed by atoms with van der Waals surface area (Å²) in [4.78, 5) is 100. The van der Waals surface area contributed by atoms with Crippen LogP contribution in [0.4, 0.5) is 0 Å². The van der Waals surface area contributed by atoms with Gasteiger partial charge in [-0.3, -0.25) is 19.2 Å². The van der Waals surface area contributed by atoms with E-state index in [2.05, 4.69) is 40.2 Å². The SMILES string of the molecule is C=CC(=O)OCC(O)COC(=O)C(CC=CCCCCC)CC(=O)OC(COC(=O)C=C)COc1ccc(C(C)(C)c2ccc(OCC(COC(=O)C=C)OC(=O)CC(CC=CCCCCC)C(=O)OCC(O)COC(=O)C=C)cc2)cc1. The van der Waals surface area contributed by atoms with Gasteiger partial charge in [-0.25, -0.2) is 19.2 Å². The molecule has 2 N–H and O–H groups in total. The summed E-state index contributed by atoms with van der Waals surface area (Å²) in [5, 5.41) is 20.4. The first-order valence-corrected chi connectivity index (χ1v) is 27.8. The lowest BCUT2D eigenvalue weighted by atomic mass is 9.78. The predicted octanol–water partition coefficient (Wildman–Crippen LogP) is 8.38. The Morgan fingerprint density at radius 3 is 1.11 bits per heavy atom. The summed E-state index contributed by atoms with van der Waals surface area (Å²) in [6.07, 6.45) is 13.3. The smallest absolute Gasteiger partial charge is 0.330 e. The maximum Gasteiger partial charge on any atom is 0.330 e. The highest BCUT2D eigenvalue weighted by atomic mass is 16.6. The number of unbranched alkanes of at least 4 members (excludes halogenated alkanes) is 6. The van der Waals surface area contributed by atoms with E-state index < -0.39 is 129 Å². The third kappa shape index (κ3) is 30.7. The van der Waals surface area contributed by atoms with Crippen molar-refractivity contribution in [1.82, 2.24) is 0 Å². The molecule has 83 heavy (non-hydrogen) atoms. The Morgan fingerprint density at radius 1 is 0.458 bits per heavy atom. The third-order valence-corrected chi connectivity index (χ3v) is 12.4. The molecule has 0 amide bonds. The van der Waals surface area contributed by atoms with Crippen LogP contribution in [0, 0.1) is 11.8 Å². The zero-order chi connectivity index (χ0) is 61.4. The molecule has 0 bridgehead atoms. The van der Waals surface area contributed by atoms with Crippen molar-refractivity contribution in [1.29, 1.82) is 0 Å². The van der Waals surface area contributed by atoms with E-state index in [1.54, 1.807) is 36.4 Å². The van der Waals surface area contributed by atoms with E-state index in [0.29, 0.717) is 11.5 Å². The molecule has 2 aromatic carbocycles. The molecule has 20 heteroatoms. The lowest BCUT2D eigenvalue weighted by Gasteiger charge is -2.27. The van der Waals surface area contributed by atoms with Gasteiger partial charge in [-0.15, -0.1) is 0 Å². The molecule has 0 spiro atoms. The van der Waals surface area contributed by atoms with Crippen LogP contribution >= 0.6 is 0 Å². The number of aliphatic hydroxyl groups is 2. The van der Waals surface area contributed by atoms with Crippen molar-refractivity contribution in [3.63, 3.8) is 0 Å². The summed E-state index contributed by atoms with van der Waals surface area (Å²) in [5.41, 5.74) is 1.21. The van der Waals surface area contributed by atoms with E-state index >= 15 is 0 Å². The third-order valence-electron chi connectivity index (χ3n) is 12.4. The van der Waals surface area contributed by atoms with Gasteiger partial charge in [0.1, 0.15) is 76.6 Å². The Bertz CT molecular complexity index is 2260. The monoisotopic (exact) mass is 1160 g/mol. The molecular formula is C63H84O20. The van der Waals surface area contributed by atoms with Gasteiger partial charge in [0.05, 0.1) is 24.7 Å². The van der Waals surface area contributed by atoms with E-state index in [-0.39, 0.29) is 39.3 Å². The zero-order valence-electron chi connectivity index (χ0n) is 48.4. The molecule has 0 saturated heterocycles. The highest BCUT2D eigenvalue weighted by Gasteiger charge is 2.30. The van der Waals surface area contributed by atoms with Crippen LogP contribution in [0.15, 0.2) is 123 Å². The van der Waals surface area contributed by atoms with Crippen LogP contribution in [0.1, 0.15) is 116 Å². The average Bonchev–Trinajstić information content (AvgIpc) is 3.54. The number of carbonyl (C=O) groups excluding carboxylic acids is 8. The fraction of sp³-hybridized carbons (Fsp3) is 0.492. The van der Waals surface area contributed by atoms with Gasteiger partial charge < -0.3 is 57.6 Å². The van der Waals surface area contributed by atoms with Gasteiger partial charge in [0, 0.05) is 29.7 Å². The number of rotatable bonds is 44. The Labute approximate surface area is 487 Å². The van der Waals surface area contributed by atoms with Crippen LogP contribution in [-0.4, -0.2) is 135 Å². The summed E-state index contributed by atoms with van der Waals surface area (Å²) in [5.74, 6) is -7.42. The standard InChI is InChI=1S/C63H84O20/c1-9-15-17-19-21-23-25-45(61(72)80-39-49(64)37-76-55(66)11-3)35-59(70)82-53(43-78-57(68)13-5)41-74-51-31-27-47(28-32-51)63(7,8)48-29-33-52(34-30-48)75-42-54(44-79-58(69)14-6)83-60(71)36-46(26-24-22-20-18-16-10-2)62(73)81-40-50(65)38-77-56(67)12-4/h11-14,21-24,27-34,45-46,49-50,53-54,64-65H,3-6,9-10,15-20,25-26,35-44H2,1-2,7-8H3. The predicted molar refractivity (Wildman–Crippen MR) is 306 cm³/mol. The number of carbonyl (C=O) groups is 8. The lowest BCUT2D eigenvalue weighted by molar-refractivity contribution is -0.164. The Kier molecular flexibility index (Phi) is 35.4. The largest absolute Gasteiger partial charge is 0.490 e. The maximum absolute atomic E-state index is 13.4. The van der Waals surface area contributed by atoms with Gasteiger partial charge in [-0.1, -0.05) is 128 Å². The molecule has 0 aliphatic carbocycles. The van der Waals surface area contributed by atoms with Gasteiger partial charge in [-0.05, 0) is 73.9 Å². The van der Waals surface area contributed by atoms with Gasteiger partial charge in [-0.2, -0.15) is 0 Å². The first kappa shape index (κ1) is 71.3. The topological polar surface area (TPSA) is 269 Å². The highest BCUT2D eigenvalue weighted by Crippen LogP contribution is 2.34. The number of hydrogen-bond acceptors (Lipinski definition) is 20. The Morgan fingerprint density at radius 2 is 0.783 bits per heavy atom. The summed E-state index contributed by atoms with van der Waals surface area (Å²) in [6, 6.07) is 14.3. The van der Waals surface area contributed by atoms with Gasteiger partial charge >= 0.3 is 47.8 Å². The van der Waals surface area contributed by atoms with E-state index in [9.17, 15) is 48.6 Å². The van der Waals surface area contributed by atoms with Crippen molar-refractivity contribution >= 4 is 47.8 Å². The molecule has 0 radical (unpaired) electrons. The highest BCUT2D eigenvalue weighted by molar-refractivity contribution is 5.83. The normalized spacial score (nSPS) is 13.4. The first-order valence-electron chi connectivity index (χ1n) is 27.8. The number of hydrogen-bond donors (Lipinski definition) is 2. The molecule has 6 atom stereocenters. The minimum absolute atomic E-state index is 0.129. The van der Waals surface area contributed by atoms with Gasteiger partial charge in [0.15, 0.2) is 12.2 Å². The Hall–Kier alpha value is -7.84. The maximum atomic E-state index is 13.4. The number of allylic oxidation sites excluding steroid dienone is 4. The minimum Gasteiger partial charge on any atom is -0.490 e. The molecule has 0 aliphatic heterocycles. The summed E-state index contributed by atoms with van der Waals surface area (Å²) < 4.78 is 54.0. The fourth-order valence-electron chi connectivity index (χ4n) is 7.52. The molecule has 0 saturated carbocycles. The van der Waals surface area contributed by atoms with Crippen molar-refractivity contribution < 1.29 is 95.9 Å². The number of esters is 8. The fourth-order valence-corrected chi connectivity index (χ4v) is 7.52. The van der Waals surface area contributed by atoms with Gasteiger partial charge in [0.25, 0.3) is 0 Å². The molecule has 2 aromatic rings.